The molecule has 40 heavy (non-hydrogen) atoms. The standard InChI is InChI=1S/C30H35Cl2N3O4S/c1-20-7-11-23(12-8-20)18-34(22(3)29(37)33-30(4,5)6)28(36)19-35(27-17-24(31)13-16-26(27)32)40(38,39)25-14-9-21(2)10-15-25/h7-17,22H,18-19H2,1-6H3,(H,33,37). The Labute approximate surface area is 247 Å². The molecular formula is C30H35Cl2N3O4S. The Balaban J connectivity index is 2.08. The maximum atomic E-state index is 14.0. The molecule has 3 aromatic carbocycles. The van der Waals surface area contributed by atoms with E-state index in [9.17, 15) is 18.0 Å². The lowest BCUT2D eigenvalue weighted by Gasteiger charge is -2.33. The zero-order valence-corrected chi connectivity index (χ0v) is 25.9. The molecule has 0 aliphatic heterocycles. The second-order valence-electron chi connectivity index (χ2n) is 10.8. The van der Waals surface area contributed by atoms with Crippen LogP contribution < -0.4 is 9.62 Å². The summed E-state index contributed by atoms with van der Waals surface area (Å²) in [5, 5.41) is 3.27. The molecule has 1 N–H and O–H groups in total. The fourth-order valence-corrected chi connectivity index (χ4v) is 5.84. The summed E-state index contributed by atoms with van der Waals surface area (Å²) in [6.45, 7) is 10.5. The number of carbonyl (C=O) groups excluding carboxylic acids is 2. The summed E-state index contributed by atoms with van der Waals surface area (Å²) < 4.78 is 28.8. The molecule has 10 heteroatoms. The number of benzene rings is 3. The largest absolute Gasteiger partial charge is 0.350 e. The van der Waals surface area contributed by atoms with Gasteiger partial charge in [-0.25, -0.2) is 8.42 Å². The number of hydrogen-bond donors (Lipinski definition) is 1. The first-order valence-electron chi connectivity index (χ1n) is 12.8. The molecule has 0 fully saturated rings. The van der Waals surface area contributed by atoms with Crippen molar-refractivity contribution in [2.75, 3.05) is 10.8 Å². The van der Waals surface area contributed by atoms with Crippen LogP contribution in [0.2, 0.25) is 10.0 Å². The van der Waals surface area contributed by atoms with E-state index in [1.165, 1.54) is 35.2 Å². The van der Waals surface area contributed by atoms with E-state index < -0.39 is 34.1 Å². The topological polar surface area (TPSA) is 86.8 Å². The zero-order chi connectivity index (χ0) is 29.8. The Morgan fingerprint density at radius 2 is 1.45 bits per heavy atom. The number of anilines is 1. The minimum absolute atomic E-state index is 0.00875. The number of sulfonamides is 1. The summed E-state index contributed by atoms with van der Waals surface area (Å²) in [7, 11) is -4.25. The van der Waals surface area contributed by atoms with E-state index in [-0.39, 0.29) is 33.1 Å². The minimum atomic E-state index is -4.25. The quantitative estimate of drug-likeness (QED) is 0.318. The third-order valence-corrected chi connectivity index (χ3v) is 8.53. The lowest BCUT2D eigenvalue weighted by atomic mass is 10.1. The van der Waals surface area contributed by atoms with Crippen LogP contribution in [0, 0.1) is 13.8 Å². The molecule has 0 aliphatic rings. The van der Waals surface area contributed by atoms with Crippen LogP contribution in [0.15, 0.2) is 71.6 Å². The highest BCUT2D eigenvalue weighted by atomic mass is 35.5. The van der Waals surface area contributed by atoms with Gasteiger partial charge in [-0.2, -0.15) is 0 Å². The molecule has 0 aromatic heterocycles. The van der Waals surface area contributed by atoms with Crippen molar-refractivity contribution in [2.45, 2.75) is 64.6 Å². The number of nitrogens with zero attached hydrogens (tertiary/aromatic N) is 2. The van der Waals surface area contributed by atoms with E-state index >= 15 is 0 Å². The van der Waals surface area contributed by atoms with Gasteiger partial charge in [-0.15, -0.1) is 0 Å². The second-order valence-corrected chi connectivity index (χ2v) is 13.5. The predicted molar refractivity (Wildman–Crippen MR) is 161 cm³/mol. The first-order chi connectivity index (χ1) is 18.6. The number of hydrogen-bond acceptors (Lipinski definition) is 4. The van der Waals surface area contributed by atoms with Gasteiger partial charge in [-0.1, -0.05) is 70.7 Å². The Morgan fingerprint density at radius 3 is 2.00 bits per heavy atom. The Morgan fingerprint density at radius 1 is 0.900 bits per heavy atom. The van der Waals surface area contributed by atoms with E-state index in [2.05, 4.69) is 5.32 Å². The monoisotopic (exact) mass is 603 g/mol. The highest BCUT2D eigenvalue weighted by molar-refractivity contribution is 7.92. The highest BCUT2D eigenvalue weighted by Gasteiger charge is 2.34. The van der Waals surface area contributed by atoms with Gasteiger partial charge in [-0.05, 0) is 77.4 Å². The Kier molecular flexibility index (Phi) is 9.93. The number of rotatable bonds is 9. The fourth-order valence-electron chi connectivity index (χ4n) is 3.97. The van der Waals surface area contributed by atoms with Gasteiger partial charge in [0.15, 0.2) is 0 Å². The summed E-state index contributed by atoms with van der Waals surface area (Å²) in [4.78, 5) is 28.5. The Bertz CT molecular complexity index is 1470. The molecule has 0 heterocycles. The third kappa shape index (κ3) is 7.99. The second kappa shape index (κ2) is 12.6. The van der Waals surface area contributed by atoms with Crippen LogP contribution in [0.25, 0.3) is 0 Å². The Hall–Kier alpha value is -3.07. The van der Waals surface area contributed by atoms with E-state index in [0.717, 1.165) is 21.0 Å². The lowest BCUT2D eigenvalue weighted by molar-refractivity contribution is -0.140. The van der Waals surface area contributed by atoms with E-state index in [1.54, 1.807) is 19.1 Å². The summed E-state index contributed by atoms with van der Waals surface area (Å²) in [5.41, 5.74) is 2.25. The van der Waals surface area contributed by atoms with Crippen molar-refractivity contribution < 1.29 is 18.0 Å². The molecule has 0 saturated carbocycles. The van der Waals surface area contributed by atoms with Crippen molar-refractivity contribution in [3.63, 3.8) is 0 Å². The van der Waals surface area contributed by atoms with E-state index in [0.29, 0.717) is 0 Å². The zero-order valence-electron chi connectivity index (χ0n) is 23.5. The maximum absolute atomic E-state index is 14.0. The summed E-state index contributed by atoms with van der Waals surface area (Å²) in [6.07, 6.45) is 0. The van der Waals surface area contributed by atoms with Crippen LogP contribution in [-0.4, -0.2) is 43.3 Å². The number of aryl methyl sites for hydroxylation is 2. The number of amides is 2. The van der Waals surface area contributed by atoms with Crippen LogP contribution in [-0.2, 0) is 26.2 Å². The molecular weight excluding hydrogens is 569 g/mol. The van der Waals surface area contributed by atoms with Crippen molar-refractivity contribution >= 4 is 50.7 Å². The molecule has 0 saturated heterocycles. The minimum Gasteiger partial charge on any atom is -0.350 e. The molecule has 0 aliphatic carbocycles. The summed E-state index contributed by atoms with van der Waals surface area (Å²) in [5.74, 6) is -0.939. The van der Waals surface area contributed by atoms with Crippen molar-refractivity contribution in [3.05, 3.63) is 93.5 Å². The molecule has 214 valence electrons. The van der Waals surface area contributed by atoms with E-state index in [1.807, 2.05) is 58.9 Å². The predicted octanol–water partition coefficient (Wildman–Crippen LogP) is 6.14. The third-order valence-electron chi connectivity index (χ3n) is 6.20. The number of carbonyl (C=O) groups is 2. The van der Waals surface area contributed by atoms with Crippen LogP contribution in [0.3, 0.4) is 0 Å². The van der Waals surface area contributed by atoms with Gasteiger partial charge in [0.2, 0.25) is 11.8 Å². The van der Waals surface area contributed by atoms with Crippen LogP contribution in [0.4, 0.5) is 5.69 Å². The van der Waals surface area contributed by atoms with Crippen molar-refractivity contribution in [1.29, 1.82) is 0 Å². The first kappa shape index (κ1) is 31.5. The number of nitrogens with one attached hydrogen (secondary N) is 1. The van der Waals surface area contributed by atoms with Crippen molar-refractivity contribution in [2.24, 2.45) is 0 Å². The van der Waals surface area contributed by atoms with E-state index in [4.69, 9.17) is 23.2 Å². The molecule has 1 unspecified atom stereocenters. The van der Waals surface area contributed by atoms with Crippen molar-refractivity contribution in [3.8, 4) is 0 Å². The van der Waals surface area contributed by atoms with Crippen molar-refractivity contribution in [1.82, 2.24) is 10.2 Å². The molecule has 7 nitrogen and oxygen atoms in total. The van der Waals surface area contributed by atoms with Gasteiger partial charge < -0.3 is 10.2 Å². The molecule has 3 aromatic rings. The van der Waals surface area contributed by atoms with Gasteiger partial charge in [0.25, 0.3) is 10.0 Å². The van der Waals surface area contributed by atoms with Gasteiger partial charge in [-0.3, -0.25) is 13.9 Å². The lowest BCUT2D eigenvalue weighted by Crippen LogP contribution is -2.54. The summed E-state index contributed by atoms with van der Waals surface area (Å²) in [6, 6.07) is 17.4. The molecule has 0 spiro atoms. The van der Waals surface area contributed by atoms with Gasteiger partial charge in [0.05, 0.1) is 15.6 Å². The van der Waals surface area contributed by atoms with Crippen LogP contribution in [0.5, 0.6) is 0 Å². The molecule has 2 amide bonds. The molecule has 3 rings (SSSR count). The maximum Gasteiger partial charge on any atom is 0.264 e. The van der Waals surface area contributed by atoms with Crippen LogP contribution >= 0.6 is 23.2 Å². The molecule has 0 bridgehead atoms. The van der Waals surface area contributed by atoms with Crippen LogP contribution in [0.1, 0.15) is 44.4 Å². The SMILES string of the molecule is Cc1ccc(CN(C(=O)CN(c2cc(Cl)ccc2Cl)S(=O)(=O)c2ccc(C)cc2)C(C)C(=O)NC(C)(C)C)cc1. The molecule has 1 atom stereocenters. The normalized spacial score (nSPS) is 12.5. The molecule has 0 radical (unpaired) electrons. The average molecular weight is 605 g/mol. The number of halogens is 2. The van der Waals surface area contributed by atoms with Gasteiger partial charge in [0.1, 0.15) is 12.6 Å². The first-order valence-corrected chi connectivity index (χ1v) is 15.0. The fraction of sp³-hybridized carbons (Fsp3) is 0.333. The highest BCUT2D eigenvalue weighted by Crippen LogP contribution is 2.33. The summed E-state index contributed by atoms with van der Waals surface area (Å²) >= 11 is 12.7. The van der Waals surface area contributed by atoms with Gasteiger partial charge in [0, 0.05) is 17.1 Å². The average Bonchev–Trinajstić information content (AvgIpc) is 2.87. The smallest absolute Gasteiger partial charge is 0.264 e. The van der Waals surface area contributed by atoms with Gasteiger partial charge >= 0.3 is 0 Å².